The Bertz CT molecular complexity index is 458. The number of amides is 2. The van der Waals surface area contributed by atoms with Crippen molar-refractivity contribution in [3.63, 3.8) is 0 Å². The van der Waals surface area contributed by atoms with Crippen LogP contribution in [0.15, 0.2) is 24.3 Å². The summed E-state index contributed by atoms with van der Waals surface area (Å²) >= 11 is 1.80. The number of hydrogen-bond acceptors (Lipinski definition) is 3. The molecule has 1 aromatic rings. The van der Waals surface area contributed by atoms with Crippen molar-refractivity contribution in [2.45, 2.75) is 12.5 Å². The normalized spacial score (nSPS) is 18.3. The van der Waals surface area contributed by atoms with Crippen molar-refractivity contribution in [2.24, 2.45) is 0 Å². The van der Waals surface area contributed by atoms with Gasteiger partial charge in [0.2, 0.25) is 0 Å². The largest absolute Gasteiger partial charge is 0.478 e. The molecule has 5 nitrogen and oxygen atoms in total. The fraction of sp³-hybridized carbons (Fsp3) is 0.333. The average Bonchev–Trinajstić information content (AvgIpc) is 2.82. The SMILES string of the molecule is O=C(Nc1ccccc1C(=O)O)NC1CCSC1. The zero-order valence-electron chi connectivity index (χ0n) is 9.68. The third-order valence-electron chi connectivity index (χ3n) is 2.67. The Labute approximate surface area is 109 Å². The molecule has 2 rings (SSSR count). The van der Waals surface area contributed by atoms with Gasteiger partial charge >= 0.3 is 12.0 Å². The van der Waals surface area contributed by atoms with E-state index in [-0.39, 0.29) is 17.6 Å². The van der Waals surface area contributed by atoms with Gasteiger partial charge in [-0.15, -0.1) is 0 Å². The van der Waals surface area contributed by atoms with Crippen LogP contribution in [0.25, 0.3) is 0 Å². The molecular weight excluding hydrogens is 252 g/mol. The molecular formula is C12H14N2O3S. The van der Waals surface area contributed by atoms with Gasteiger partial charge in [-0.2, -0.15) is 11.8 Å². The first-order valence-corrected chi connectivity index (χ1v) is 6.80. The molecule has 0 aromatic heterocycles. The second kappa shape index (κ2) is 5.77. The van der Waals surface area contributed by atoms with Crippen LogP contribution in [0.1, 0.15) is 16.8 Å². The molecule has 1 fully saturated rings. The summed E-state index contributed by atoms with van der Waals surface area (Å²) in [7, 11) is 0. The Hall–Kier alpha value is -1.69. The van der Waals surface area contributed by atoms with Crippen molar-refractivity contribution in [3.8, 4) is 0 Å². The topological polar surface area (TPSA) is 78.4 Å². The molecule has 1 unspecified atom stereocenters. The van der Waals surface area contributed by atoms with Crippen LogP contribution in [-0.2, 0) is 0 Å². The van der Waals surface area contributed by atoms with Crippen molar-refractivity contribution >= 4 is 29.4 Å². The Kier molecular flexibility index (Phi) is 4.09. The zero-order valence-corrected chi connectivity index (χ0v) is 10.5. The van der Waals surface area contributed by atoms with E-state index in [0.717, 1.165) is 17.9 Å². The van der Waals surface area contributed by atoms with E-state index in [1.54, 1.807) is 30.0 Å². The number of carbonyl (C=O) groups is 2. The minimum Gasteiger partial charge on any atom is -0.478 e. The summed E-state index contributed by atoms with van der Waals surface area (Å²) in [5, 5.41) is 14.4. The van der Waals surface area contributed by atoms with Crippen LogP contribution in [0.4, 0.5) is 10.5 Å². The van der Waals surface area contributed by atoms with Crippen LogP contribution in [0.3, 0.4) is 0 Å². The van der Waals surface area contributed by atoms with Gasteiger partial charge < -0.3 is 15.7 Å². The summed E-state index contributed by atoms with van der Waals surface area (Å²) in [6.07, 6.45) is 0.957. The number of thioether (sulfide) groups is 1. The molecule has 96 valence electrons. The van der Waals surface area contributed by atoms with E-state index in [4.69, 9.17) is 5.11 Å². The standard InChI is InChI=1S/C12H14N2O3S/c15-11(16)9-3-1-2-4-10(9)14-12(17)13-8-5-6-18-7-8/h1-4,8H,5-7H2,(H,15,16)(H2,13,14,17). The highest BCUT2D eigenvalue weighted by atomic mass is 32.2. The van der Waals surface area contributed by atoms with Crippen molar-refractivity contribution < 1.29 is 14.7 Å². The lowest BCUT2D eigenvalue weighted by Crippen LogP contribution is -2.38. The van der Waals surface area contributed by atoms with E-state index in [2.05, 4.69) is 10.6 Å². The third-order valence-corrected chi connectivity index (χ3v) is 3.83. The lowest BCUT2D eigenvalue weighted by Gasteiger charge is -2.13. The summed E-state index contributed by atoms with van der Waals surface area (Å²) in [4.78, 5) is 22.7. The van der Waals surface area contributed by atoms with Gasteiger partial charge in [0, 0.05) is 11.8 Å². The first kappa shape index (κ1) is 12.8. The number of anilines is 1. The van der Waals surface area contributed by atoms with Gasteiger partial charge in [-0.1, -0.05) is 12.1 Å². The Morgan fingerprint density at radius 1 is 1.33 bits per heavy atom. The number of carboxylic acid groups (broad SMARTS) is 1. The van der Waals surface area contributed by atoms with Gasteiger partial charge in [0.1, 0.15) is 0 Å². The first-order valence-electron chi connectivity index (χ1n) is 5.64. The lowest BCUT2D eigenvalue weighted by atomic mass is 10.2. The van der Waals surface area contributed by atoms with Crippen LogP contribution in [-0.4, -0.2) is 34.7 Å². The number of carboxylic acids is 1. The van der Waals surface area contributed by atoms with Crippen molar-refractivity contribution in [1.82, 2.24) is 5.32 Å². The van der Waals surface area contributed by atoms with Crippen LogP contribution in [0.5, 0.6) is 0 Å². The number of aromatic carboxylic acids is 1. The van der Waals surface area contributed by atoms with E-state index in [1.807, 2.05) is 0 Å². The summed E-state index contributed by atoms with van der Waals surface area (Å²) in [5.74, 6) is 0.910. The molecule has 2 amide bonds. The molecule has 0 aliphatic carbocycles. The van der Waals surface area contributed by atoms with E-state index in [0.29, 0.717) is 5.69 Å². The number of benzene rings is 1. The molecule has 3 N–H and O–H groups in total. The quantitative estimate of drug-likeness (QED) is 0.782. The maximum Gasteiger partial charge on any atom is 0.337 e. The Morgan fingerprint density at radius 3 is 2.78 bits per heavy atom. The van der Waals surface area contributed by atoms with Gasteiger partial charge in [0.15, 0.2) is 0 Å². The Balaban J connectivity index is 2.00. The minimum absolute atomic E-state index is 0.0912. The molecule has 1 aliphatic rings. The fourth-order valence-electron chi connectivity index (χ4n) is 1.77. The second-order valence-corrected chi connectivity index (χ2v) is 5.16. The number of para-hydroxylation sites is 1. The minimum atomic E-state index is -1.05. The van der Waals surface area contributed by atoms with Gasteiger partial charge in [-0.3, -0.25) is 0 Å². The van der Waals surface area contributed by atoms with Gasteiger partial charge in [-0.05, 0) is 24.3 Å². The molecule has 18 heavy (non-hydrogen) atoms. The smallest absolute Gasteiger partial charge is 0.337 e. The summed E-state index contributed by atoms with van der Waals surface area (Å²) in [5.41, 5.74) is 0.404. The number of nitrogens with one attached hydrogen (secondary N) is 2. The van der Waals surface area contributed by atoms with Crippen molar-refractivity contribution in [1.29, 1.82) is 0 Å². The molecule has 0 bridgehead atoms. The Morgan fingerprint density at radius 2 is 2.11 bits per heavy atom. The summed E-state index contributed by atoms with van der Waals surface area (Å²) in [6.45, 7) is 0. The number of urea groups is 1. The predicted molar refractivity (Wildman–Crippen MR) is 71.3 cm³/mol. The molecule has 0 radical (unpaired) electrons. The maximum atomic E-state index is 11.7. The van der Waals surface area contributed by atoms with Crippen LogP contribution >= 0.6 is 11.8 Å². The van der Waals surface area contributed by atoms with Gasteiger partial charge in [-0.25, -0.2) is 9.59 Å². The summed E-state index contributed by atoms with van der Waals surface area (Å²) in [6, 6.07) is 6.17. The van der Waals surface area contributed by atoms with Crippen LogP contribution in [0, 0.1) is 0 Å². The van der Waals surface area contributed by atoms with Crippen molar-refractivity contribution in [3.05, 3.63) is 29.8 Å². The van der Waals surface area contributed by atoms with Crippen LogP contribution < -0.4 is 10.6 Å². The number of hydrogen-bond donors (Lipinski definition) is 3. The van der Waals surface area contributed by atoms with E-state index < -0.39 is 5.97 Å². The number of rotatable bonds is 3. The van der Waals surface area contributed by atoms with Gasteiger partial charge in [0.25, 0.3) is 0 Å². The highest BCUT2D eigenvalue weighted by Gasteiger charge is 2.18. The fourth-order valence-corrected chi connectivity index (χ4v) is 2.92. The molecule has 1 aromatic carbocycles. The predicted octanol–water partition coefficient (Wildman–Crippen LogP) is 2.01. The van der Waals surface area contributed by atoms with E-state index >= 15 is 0 Å². The third kappa shape index (κ3) is 3.16. The molecule has 1 heterocycles. The van der Waals surface area contributed by atoms with Gasteiger partial charge in [0.05, 0.1) is 11.3 Å². The molecule has 1 saturated heterocycles. The molecule has 0 saturated carbocycles. The molecule has 1 atom stereocenters. The lowest BCUT2D eigenvalue weighted by molar-refractivity contribution is 0.0698. The highest BCUT2D eigenvalue weighted by Crippen LogP contribution is 2.18. The average molecular weight is 266 g/mol. The number of carbonyl (C=O) groups excluding carboxylic acids is 1. The van der Waals surface area contributed by atoms with Crippen molar-refractivity contribution in [2.75, 3.05) is 16.8 Å². The van der Waals surface area contributed by atoms with Crippen LogP contribution in [0.2, 0.25) is 0 Å². The maximum absolute atomic E-state index is 11.7. The van der Waals surface area contributed by atoms with E-state index in [1.165, 1.54) is 6.07 Å². The first-order chi connectivity index (χ1) is 8.66. The molecule has 0 spiro atoms. The second-order valence-electron chi connectivity index (χ2n) is 4.01. The monoisotopic (exact) mass is 266 g/mol. The highest BCUT2D eigenvalue weighted by molar-refractivity contribution is 7.99. The molecule has 6 heteroatoms. The van der Waals surface area contributed by atoms with E-state index in [9.17, 15) is 9.59 Å². The molecule has 1 aliphatic heterocycles. The summed E-state index contributed by atoms with van der Waals surface area (Å²) < 4.78 is 0. The zero-order chi connectivity index (χ0) is 13.0.